The van der Waals surface area contributed by atoms with Crippen LogP contribution in [0.15, 0.2) is 65.6 Å². The molecule has 8 heteroatoms. The molecule has 2 aromatic rings. The van der Waals surface area contributed by atoms with Crippen LogP contribution >= 0.6 is 11.8 Å². The molecule has 0 bridgehead atoms. The second-order valence-electron chi connectivity index (χ2n) is 12.1. The number of amides is 1. The van der Waals surface area contributed by atoms with Crippen LogP contribution in [0.1, 0.15) is 58.4 Å². The van der Waals surface area contributed by atoms with Gasteiger partial charge in [0.05, 0.1) is 12.1 Å². The molecule has 2 unspecified atom stereocenters. The Bertz CT molecular complexity index is 1080. The number of aliphatic hydroxyl groups is 1. The molecule has 0 spiro atoms. The molecule has 1 saturated heterocycles. The fourth-order valence-electron chi connectivity index (χ4n) is 5.52. The lowest BCUT2D eigenvalue weighted by molar-refractivity contribution is -0.0878. The predicted octanol–water partition coefficient (Wildman–Crippen LogP) is 6.31. The number of piperidine rings is 1. The minimum atomic E-state index is -0.837. The number of β-amino-alcohol motifs (C(OH)–C–C–N with tert-alkyl or cyclic N) is 1. The number of benzene rings is 2. The summed E-state index contributed by atoms with van der Waals surface area (Å²) in [6, 6.07) is 19.0. The average molecular weight is 568 g/mol. The van der Waals surface area contributed by atoms with E-state index in [1.807, 2.05) is 81.4 Å². The molecule has 40 heavy (non-hydrogen) atoms. The van der Waals surface area contributed by atoms with Gasteiger partial charge < -0.3 is 19.9 Å². The summed E-state index contributed by atoms with van der Waals surface area (Å²) in [7, 11) is 0. The van der Waals surface area contributed by atoms with E-state index in [9.17, 15) is 9.90 Å². The van der Waals surface area contributed by atoms with Gasteiger partial charge in [0, 0.05) is 35.6 Å². The van der Waals surface area contributed by atoms with Crippen molar-refractivity contribution in [1.82, 2.24) is 10.2 Å². The second-order valence-corrected chi connectivity index (χ2v) is 13.2. The van der Waals surface area contributed by atoms with Crippen molar-refractivity contribution in [3.8, 4) is 0 Å². The van der Waals surface area contributed by atoms with Crippen molar-refractivity contribution in [2.24, 2.45) is 17.3 Å². The van der Waals surface area contributed by atoms with E-state index in [0.29, 0.717) is 24.1 Å². The standard InChI is InChI=1S/C32H45N3O4S/c1-32(2,3)30(33)39-29-18-24-14-10-11-15-25(24)19-35(29)20-28(36)27(22-40-26-16-8-5-9-17-26)34-31(37)38-21-23-12-6-4-7-13-23/h4-9,12-13,16-17,24-25,27-29,33,36H,10-11,14-15,18-22H2,1-3H3,(H,34,37)/t24?,25?,27-,28+,29+/m0/s1. The molecular weight excluding hydrogens is 522 g/mol. The number of ether oxygens (including phenoxy) is 2. The molecule has 2 aliphatic rings. The highest BCUT2D eigenvalue weighted by Gasteiger charge is 2.40. The summed E-state index contributed by atoms with van der Waals surface area (Å²) in [5, 5.41) is 23.0. The van der Waals surface area contributed by atoms with E-state index in [-0.39, 0.29) is 24.1 Å². The van der Waals surface area contributed by atoms with Crippen LogP contribution in [-0.4, -0.2) is 59.2 Å². The van der Waals surface area contributed by atoms with Gasteiger partial charge in [-0.05, 0) is 42.4 Å². The van der Waals surface area contributed by atoms with Gasteiger partial charge in [-0.25, -0.2) is 4.79 Å². The van der Waals surface area contributed by atoms with Crippen molar-refractivity contribution in [1.29, 1.82) is 5.41 Å². The first-order valence-corrected chi connectivity index (χ1v) is 15.5. The maximum atomic E-state index is 12.8. The molecule has 1 saturated carbocycles. The van der Waals surface area contributed by atoms with Crippen molar-refractivity contribution >= 4 is 23.8 Å². The van der Waals surface area contributed by atoms with Crippen molar-refractivity contribution in [2.75, 3.05) is 18.8 Å². The molecular formula is C32H45N3O4S. The topological polar surface area (TPSA) is 94.9 Å². The summed E-state index contributed by atoms with van der Waals surface area (Å²) >= 11 is 1.59. The number of rotatable bonds is 10. The molecule has 1 aliphatic carbocycles. The van der Waals surface area contributed by atoms with Gasteiger partial charge in [0.25, 0.3) is 0 Å². The zero-order chi connectivity index (χ0) is 28.5. The molecule has 1 heterocycles. The molecule has 0 aromatic heterocycles. The van der Waals surface area contributed by atoms with Gasteiger partial charge >= 0.3 is 6.09 Å². The minimum Gasteiger partial charge on any atom is -0.462 e. The Kier molecular flexibility index (Phi) is 10.9. The largest absolute Gasteiger partial charge is 0.462 e. The van der Waals surface area contributed by atoms with Gasteiger partial charge in [0.15, 0.2) is 12.1 Å². The highest BCUT2D eigenvalue weighted by molar-refractivity contribution is 7.99. The van der Waals surface area contributed by atoms with E-state index in [0.717, 1.165) is 23.4 Å². The molecule has 1 aliphatic heterocycles. The van der Waals surface area contributed by atoms with Crippen LogP contribution in [0.4, 0.5) is 4.79 Å². The molecule has 1 amide bonds. The normalized spacial score (nSPS) is 22.9. The number of nitrogens with zero attached hydrogens (tertiary/aromatic N) is 1. The molecule has 2 aromatic carbocycles. The van der Waals surface area contributed by atoms with Crippen LogP contribution in [0.2, 0.25) is 0 Å². The second kappa shape index (κ2) is 14.4. The van der Waals surface area contributed by atoms with E-state index in [2.05, 4.69) is 10.2 Å². The number of likely N-dealkylation sites (tertiary alicyclic amines) is 1. The van der Waals surface area contributed by atoms with E-state index < -0.39 is 18.2 Å². The maximum Gasteiger partial charge on any atom is 0.407 e. The van der Waals surface area contributed by atoms with Crippen molar-refractivity contribution in [2.45, 2.75) is 82.8 Å². The summed E-state index contributed by atoms with van der Waals surface area (Å²) < 4.78 is 11.8. The van der Waals surface area contributed by atoms with Crippen LogP contribution in [-0.2, 0) is 16.1 Å². The molecule has 5 atom stereocenters. The number of hydrogen-bond donors (Lipinski definition) is 3. The number of carbonyl (C=O) groups is 1. The lowest BCUT2D eigenvalue weighted by Crippen LogP contribution is -2.56. The van der Waals surface area contributed by atoms with E-state index in [1.54, 1.807) is 11.8 Å². The summed E-state index contributed by atoms with van der Waals surface area (Å²) in [4.78, 5) is 16.1. The first-order valence-electron chi connectivity index (χ1n) is 14.5. The Balaban J connectivity index is 1.44. The Labute approximate surface area is 243 Å². The fourth-order valence-corrected chi connectivity index (χ4v) is 6.55. The van der Waals surface area contributed by atoms with Crippen LogP contribution in [0.5, 0.6) is 0 Å². The fraction of sp³-hybridized carbons (Fsp3) is 0.562. The lowest BCUT2D eigenvalue weighted by atomic mass is 9.74. The summed E-state index contributed by atoms with van der Waals surface area (Å²) in [5.41, 5.74) is 0.525. The van der Waals surface area contributed by atoms with E-state index >= 15 is 0 Å². The Hall–Kier alpha value is -2.55. The molecule has 2 fully saturated rings. The monoisotopic (exact) mass is 567 g/mol. The predicted molar refractivity (Wildman–Crippen MR) is 160 cm³/mol. The van der Waals surface area contributed by atoms with Gasteiger partial charge in [-0.3, -0.25) is 10.3 Å². The number of alkyl carbamates (subject to hydrolysis) is 1. The van der Waals surface area contributed by atoms with Crippen LogP contribution in [0.25, 0.3) is 0 Å². The van der Waals surface area contributed by atoms with Gasteiger partial charge in [0.1, 0.15) is 6.61 Å². The highest BCUT2D eigenvalue weighted by Crippen LogP contribution is 2.39. The quantitative estimate of drug-likeness (QED) is 0.177. The zero-order valence-electron chi connectivity index (χ0n) is 24.1. The molecule has 0 radical (unpaired) electrons. The van der Waals surface area contributed by atoms with Crippen molar-refractivity contribution in [3.05, 3.63) is 66.2 Å². The van der Waals surface area contributed by atoms with Crippen molar-refractivity contribution < 1.29 is 19.4 Å². The lowest BCUT2D eigenvalue weighted by Gasteiger charge is -2.47. The van der Waals surface area contributed by atoms with E-state index in [4.69, 9.17) is 14.9 Å². The number of thioether (sulfide) groups is 1. The molecule has 3 N–H and O–H groups in total. The Morgan fingerprint density at radius 2 is 1.73 bits per heavy atom. The first kappa shape index (κ1) is 30.4. The Morgan fingerprint density at radius 1 is 1.07 bits per heavy atom. The first-order chi connectivity index (χ1) is 19.2. The van der Waals surface area contributed by atoms with Gasteiger partial charge in [-0.2, -0.15) is 0 Å². The van der Waals surface area contributed by atoms with Crippen LogP contribution < -0.4 is 5.32 Å². The van der Waals surface area contributed by atoms with Gasteiger partial charge in [0.2, 0.25) is 0 Å². The molecule has 4 rings (SSSR count). The zero-order valence-corrected chi connectivity index (χ0v) is 24.9. The SMILES string of the molecule is CC(C)(C)C(=N)O[C@@H]1CC2CCCCC2CN1C[C@@H](O)[C@H](CSc1ccccc1)NC(=O)OCc1ccccc1. The summed E-state index contributed by atoms with van der Waals surface area (Å²) in [6.45, 7) is 7.32. The smallest absolute Gasteiger partial charge is 0.407 e. The Morgan fingerprint density at radius 3 is 2.40 bits per heavy atom. The molecule has 7 nitrogen and oxygen atoms in total. The summed E-state index contributed by atoms with van der Waals surface area (Å²) in [6.07, 6.45) is 4.12. The maximum absolute atomic E-state index is 12.8. The number of nitrogens with one attached hydrogen (secondary N) is 2. The number of carbonyl (C=O) groups excluding carboxylic acids is 1. The number of aliphatic hydroxyl groups excluding tert-OH is 1. The highest BCUT2D eigenvalue weighted by atomic mass is 32.2. The van der Waals surface area contributed by atoms with Crippen LogP contribution in [0, 0.1) is 22.7 Å². The third-order valence-electron chi connectivity index (χ3n) is 7.96. The number of hydrogen-bond acceptors (Lipinski definition) is 7. The minimum absolute atomic E-state index is 0.168. The average Bonchev–Trinajstić information content (AvgIpc) is 2.95. The van der Waals surface area contributed by atoms with Crippen LogP contribution in [0.3, 0.4) is 0 Å². The third kappa shape index (κ3) is 8.98. The van der Waals surface area contributed by atoms with Gasteiger partial charge in [-0.1, -0.05) is 82.1 Å². The molecule has 218 valence electrons. The van der Waals surface area contributed by atoms with E-state index in [1.165, 1.54) is 25.7 Å². The van der Waals surface area contributed by atoms with Crippen molar-refractivity contribution in [3.63, 3.8) is 0 Å². The number of fused-ring (bicyclic) bond motifs is 1. The van der Waals surface area contributed by atoms with Gasteiger partial charge in [-0.15, -0.1) is 11.8 Å². The summed E-state index contributed by atoms with van der Waals surface area (Å²) in [5.74, 6) is 1.93. The third-order valence-corrected chi connectivity index (χ3v) is 9.09.